The summed E-state index contributed by atoms with van der Waals surface area (Å²) in [5, 5.41) is 16.9. The van der Waals surface area contributed by atoms with E-state index >= 15 is 0 Å². The number of para-hydroxylation sites is 1. The fraction of sp³-hybridized carbons (Fsp3) is 0.394. The first kappa shape index (κ1) is 31.3. The minimum atomic E-state index is -4.80. The summed E-state index contributed by atoms with van der Waals surface area (Å²) < 4.78 is 57.3. The number of ether oxygens (including phenoxy) is 2. The minimum Gasteiger partial charge on any atom is -0.496 e. The van der Waals surface area contributed by atoms with Gasteiger partial charge in [0.15, 0.2) is 0 Å². The molecule has 1 unspecified atom stereocenters. The second-order valence-electron chi connectivity index (χ2n) is 12.0. The van der Waals surface area contributed by atoms with Gasteiger partial charge in [0.25, 0.3) is 0 Å². The van der Waals surface area contributed by atoms with E-state index in [1.807, 2.05) is 23.1 Å². The predicted molar refractivity (Wildman–Crippen MR) is 164 cm³/mol. The molecule has 0 bridgehead atoms. The van der Waals surface area contributed by atoms with Gasteiger partial charge in [-0.2, -0.15) is 23.3 Å². The van der Waals surface area contributed by atoms with E-state index in [0.717, 1.165) is 18.4 Å². The van der Waals surface area contributed by atoms with Crippen LogP contribution < -0.4 is 19.7 Å². The zero-order valence-corrected chi connectivity index (χ0v) is 25.7. The summed E-state index contributed by atoms with van der Waals surface area (Å²) in [7, 11) is 1.54. The van der Waals surface area contributed by atoms with Crippen molar-refractivity contribution < 1.29 is 32.5 Å². The van der Waals surface area contributed by atoms with Crippen molar-refractivity contribution in [3.8, 4) is 28.4 Å². The molecule has 242 valence electrons. The van der Waals surface area contributed by atoms with E-state index in [4.69, 9.17) is 9.47 Å². The van der Waals surface area contributed by atoms with E-state index in [0.29, 0.717) is 48.9 Å². The second kappa shape index (κ2) is 12.3. The third kappa shape index (κ3) is 6.37. The molecule has 2 fully saturated rings. The van der Waals surface area contributed by atoms with Crippen LogP contribution in [0.4, 0.5) is 19.0 Å². The van der Waals surface area contributed by atoms with Crippen molar-refractivity contribution in [3.63, 3.8) is 0 Å². The van der Waals surface area contributed by atoms with Crippen LogP contribution in [-0.2, 0) is 4.79 Å². The maximum atomic E-state index is 14.9. The lowest BCUT2D eigenvalue weighted by atomic mass is 9.76. The van der Waals surface area contributed by atoms with Gasteiger partial charge in [-0.1, -0.05) is 30.3 Å². The number of halogens is 3. The Morgan fingerprint density at radius 3 is 2.50 bits per heavy atom. The van der Waals surface area contributed by atoms with Gasteiger partial charge in [0.2, 0.25) is 12.0 Å². The topological polar surface area (TPSA) is 115 Å². The number of nitrogens with zero attached hydrogens (tertiary/aromatic N) is 5. The molecule has 0 saturated carbocycles. The van der Waals surface area contributed by atoms with Crippen LogP contribution in [0.1, 0.15) is 42.4 Å². The number of carbonyl (C=O) groups is 1. The summed E-state index contributed by atoms with van der Waals surface area (Å²) in [6, 6.07) is 14.5. The van der Waals surface area contributed by atoms with Crippen molar-refractivity contribution in [2.24, 2.45) is 5.41 Å². The Morgan fingerprint density at radius 2 is 1.85 bits per heavy atom. The molecular formula is C33H35F3N6O4. The molecule has 2 aromatic heterocycles. The molecule has 13 heteroatoms. The van der Waals surface area contributed by atoms with Crippen molar-refractivity contribution in [2.45, 2.75) is 51.4 Å². The number of hydrogen-bond donors (Lipinski definition) is 2. The standard InChI is InChI=1S/C33H35F3N6O4/c1-20-10-13-42(40-20)26-16-22(23-6-4-5-7-27(23)45-3)8-9-24(26)30(33(34,35)36)46-29-17-28(38-21(2)39-29)41-14-11-32(12-15-41)18-25(31(43)44)37-19-32/h4-10,13,16-17,25,30,37H,11-12,14-15,18-19H2,1-3H3,(H,43,44)/t25-,30?/m0/s1. The van der Waals surface area contributed by atoms with E-state index in [1.54, 1.807) is 51.4 Å². The number of anilines is 1. The Kier molecular flexibility index (Phi) is 8.36. The van der Waals surface area contributed by atoms with Crippen molar-refractivity contribution in [2.75, 3.05) is 31.6 Å². The normalized spacial score (nSPS) is 18.5. The van der Waals surface area contributed by atoms with Crippen LogP contribution in [0, 0.1) is 19.3 Å². The van der Waals surface area contributed by atoms with Gasteiger partial charge in [0.05, 0.1) is 18.5 Å². The highest BCUT2D eigenvalue weighted by Crippen LogP contribution is 2.43. The van der Waals surface area contributed by atoms with Crippen molar-refractivity contribution in [1.82, 2.24) is 25.1 Å². The highest BCUT2D eigenvalue weighted by Gasteiger charge is 2.46. The van der Waals surface area contributed by atoms with Crippen LogP contribution >= 0.6 is 0 Å². The van der Waals surface area contributed by atoms with Gasteiger partial charge in [0.1, 0.15) is 23.4 Å². The lowest BCUT2D eigenvalue weighted by Crippen LogP contribution is -2.41. The van der Waals surface area contributed by atoms with Crippen molar-refractivity contribution in [1.29, 1.82) is 0 Å². The monoisotopic (exact) mass is 636 g/mol. The number of alkyl halides is 3. The molecule has 4 heterocycles. The molecule has 2 aliphatic rings. The van der Waals surface area contributed by atoms with Gasteiger partial charge in [0, 0.05) is 43.0 Å². The molecule has 2 N–H and O–H groups in total. The van der Waals surface area contributed by atoms with Gasteiger partial charge < -0.3 is 24.8 Å². The number of piperidine rings is 1. The van der Waals surface area contributed by atoms with Gasteiger partial charge in [-0.15, -0.1) is 0 Å². The molecule has 6 rings (SSSR count). The summed E-state index contributed by atoms with van der Waals surface area (Å²) in [5.41, 5.74) is 1.96. The first-order valence-corrected chi connectivity index (χ1v) is 15.0. The van der Waals surface area contributed by atoms with Crippen LogP contribution in [0.25, 0.3) is 16.8 Å². The Hall–Kier alpha value is -4.65. The molecule has 0 amide bonds. The molecule has 10 nitrogen and oxygen atoms in total. The summed E-state index contributed by atoms with van der Waals surface area (Å²) in [4.78, 5) is 22.2. The van der Waals surface area contributed by atoms with E-state index in [2.05, 4.69) is 20.4 Å². The molecule has 46 heavy (non-hydrogen) atoms. The average Bonchev–Trinajstić information content (AvgIpc) is 3.66. The zero-order valence-electron chi connectivity index (χ0n) is 25.7. The maximum absolute atomic E-state index is 14.9. The number of hydrogen-bond acceptors (Lipinski definition) is 8. The first-order chi connectivity index (χ1) is 21.9. The Labute approximate surface area is 264 Å². The third-order valence-corrected chi connectivity index (χ3v) is 8.84. The van der Waals surface area contributed by atoms with Gasteiger partial charge in [-0.25, -0.2) is 9.67 Å². The predicted octanol–water partition coefficient (Wildman–Crippen LogP) is 5.67. The maximum Gasteiger partial charge on any atom is 0.429 e. The number of rotatable bonds is 8. The number of carboxylic acids is 1. The van der Waals surface area contributed by atoms with Crippen molar-refractivity contribution >= 4 is 11.8 Å². The summed E-state index contributed by atoms with van der Waals surface area (Å²) >= 11 is 0. The van der Waals surface area contributed by atoms with E-state index in [9.17, 15) is 23.1 Å². The number of methoxy groups -OCH3 is 1. The molecule has 4 aromatic rings. The molecule has 2 atom stereocenters. The minimum absolute atomic E-state index is 0.125. The van der Waals surface area contributed by atoms with Gasteiger partial charge in [-0.05, 0) is 62.3 Å². The molecule has 0 radical (unpaired) electrons. The quantitative estimate of drug-likeness (QED) is 0.253. The fourth-order valence-electron chi connectivity index (χ4n) is 6.42. The fourth-order valence-corrected chi connectivity index (χ4v) is 6.42. The molecule has 1 spiro atoms. The van der Waals surface area contributed by atoms with E-state index in [-0.39, 0.29) is 28.4 Å². The van der Waals surface area contributed by atoms with E-state index in [1.165, 1.54) is 16.8 Å². The summed E-state index contributed by atoms with van der Waals surface area (Å²) in [5.74, 6) is 0.270. The third-order valence-electron chi connectivity index (χ3n) is 8.84. The van der Waals surface area contributed by atoms with Crippen LogP contribution in [0.3, 0.4) is 0 Å². The Balaban J connectivity index is 1.32. The zero-order chi connectivity index (χ0) is 32.6. The molecule has 2 saturated heterocycles. The first-order valence-electron chi connectivity index (χ1n) is 15.0. The Morgan fingerprint density at radius 1 is 1.09 bits per heavy atom. The molecular weight excluding hydrogens is 601 g/mol. The molecule has 0 aliphatic carbocycles. The summed E-state index contributed by atoms with van der Waals surface area (Å²) in [6.45, 7) is 5.16. The number of nitrogens with one attached hydrogen (secondary N) is 1. The van der Waals surface area contributed by atoms with Crippen LogP contribution in [0.2, 0.25) is 0 Å². The van der Waals surface area contributed by atoms with Gasteiger partial charge >= 0.3 is 12.1 Å². The highest BCUT2D eigenvalue weighted by molar-refractivity contribution is 5.74. The molecule has 2 aromatic carbocycles. The van der Waals surface area contributed by atoms with Gasteiger partial charge in [-0.3, -0.25) is 4.79 Å². The van der Waals surface area contributed by atoms with Crippen LogP contribution in [0.5, 0.6) is 11.6 Å². The average molecular weight is 637 g/mol. The highest BCUT2D eigenvalue weighted by atomic mass is 19.4. The Bertz CT molecular complexity index is 1730. The lowest BCUT2D eigenvalue weighted by molar-refractivity contribution is -0.198. The number of carboxylic acid groups (broad SMARTS) is 1. The van der Waals surface area contributed by atoms with Crippen LogP contribution in [0.15, 0.2) is 60.8 Å². The number of benzene rings is 2. The van der Waals surface area contributed by atoms with Crippen molar-refractivity contribution in [3.05, 3.63) is 77.9 Å². The molecule has 2 aliphatic heterocycles. The lowest BCUT2D eigenvalue weighted by Gasteiger charge is -2.39. The smallest absolute Gasteiger partial charge is 0.429 e. The summed E-state index contributed by atoms with van der Waals surface area (Å²) in [6.07, 6.45) is -3.52. The largest absolute Gasteiger partial charge is 0.496 e. The SMILES string of the molecule is COc1ccccc1-c1ccc(C(Oc2cc(N3CCC4(CC3)CN[C@H](C(=O)O)C4)nc(C)n2)C(F)(F)F)c(-n2ccc(C)n2)c1. The van der Waals surface area contributed by atoms with E-state index < -0.39 is 24.3 Å². The number of aromatic nitrogens is 4. The number of aryl methyl sites for hydroxylation is 2. The number of aliphatic carboxylic acids is 1. The van der Waals surface area contributed by atoms with Crippen LogP contribution in [-0.4, -0.2) is 69.8 Å². The second-order valence-corrected chi connectivity index (χ2v) is 12.0.